The number of hydrogen-bond donors (Lipinski definition) is 1. The fraction of sp³-hybridized carbons (Fsp3) is 0.263. The van der Waals surface area contributed by atoms with Crippen molar-refractivity contribution < 1.29 is 9.59 Å². The lowest BCUT2D eigenvalue weighted by Crippen LogP contribution is -2.36. The molecule has 0 aliphatic carbocycles. The molecule has 1 aliphatic rings. The van der Waals surface area contributed by atoms with Gasteiger partial charge in [-0.3, -0.25) is 9.59 Å². The molecule has 2 aromatic carbocycles. The topological polar surface area (TPSA) is 49.4 Å². The molecular formula is C19H20N2O2S. The largest absolute Gasteiger partial charge is 0.332 e. The number of carbonyl (C=O) groups excluding carboxylic acids is 2. The number of benzene rings is 2. The van der Waals surface area contributed by atoms with Gasteiger partial charge in [0.05, 0.1) is 11.4 Å². The summed E-state index contributed by atoms with van der Waals surface area (Å²) < 4.78 is 0. The van der Waals surface area contributed by atoms with Crippen molar-refractivity contribution in [3.05, 3.63) is 59.7 Å². The van der Waals surface area contributed by atoms with Gasteiger partial charge in [0.1, 0.15) is 0 Å². The summed E-state index contributed by atoms with van der Waals surface area (Å²) in [5.41, 5.74) is 2.42. The normalized spacial score (nSPS) is 13.4. The van der Waals surface area contributed by atoms with Gasteiger partial charge in [-0.2, -0.15) is 0 Å². The van der Waals surface area contributed by atoms with Gasteiger partial charge in [-0.1, -0.05) is 30.3 Å². The van der Waals surface area contributed by atoms with Crippen molar-refractivity contribution in [1.82, 2.24) is 4.90 Å². The number of anilines is 1. The Labute approximate surface area is 146 Å². The number of amides is 2. The Bertz CT molecular complexity index is 759. The van der Waals surface area contributed by atoms with E-state index in [4.69, 9.17) is 0 Å². The van der Waals surface area contributed by atoms with E-state index in [1.807, 2.05) is 61.2 Å². The highest BCUT2D eigenvalue weighted by atomic mass is 32.2. The van der Waals surface area contributed by atoms with Crippen LogP contribution in [0.1, 0.15) is 29.8 Å². The summed E-state index contributed by atoms with van der Waals surface area (Å²) in [5, 5.41) is 2.84. The van der Waals surface area contributed by atoms with Crippen LogP contribution in [0, 0.1) is 0 Å². The summed E-state index contributed by atoms with van der Waals surface area (Å²) >= 11 is 1.50. The van der Waals surface area contributed by atoms with E-state index in [-0.39, 0.29) is 17.9 Å². The average molecular weight is 340 g/mol. The molecular weight excluding hydrogens is 320 g/mol. The summed E-state index contributed by atoms with van der Waals surface area (Å²) in [6.07, 6.45) is 0. The van der Waals surface area contributed by atoms with Gasteiger partial charge >= 0.3 is 0 Å². The third kappa shape index (κ3) is 3.62. The van der Waals surface area contributed by atoms with E-state index in [1.54, 1.807) is 6.07 Å². The Morgan fingerprint density at radius 3 is 2.67 bits per heavy atom. The SMILES string of the molecule is CC(C)N(Cc1ccccc1)C(=O)c1ccc2c(c1)NC(=O)CS2. The zero-order valence-corrected chi connectivity index (χ0v) is 14.6. The maximum absolute atomic E-state index is 13.0. The second-order valence-electron chi connectivity index (χ2n) is 6.06. The van der Waals surface area contributed by atoms with E-state index in [2.05, 4.69) is 5.32 Å². The molecule has 0 radical (unpaired) electrons. The third-order valence-electron chi connectivity index (χ3n) is 3.94. The Hall–Kier alpha value is -2.27. The molecule has 0 saturated heterocycles. The summed E-state index contributed by atoms with van der Waals surface area (Å²) in [7, 11) is 0. The lowest BCUT2D eigenvalue weighted by atomic mass is 10.1. The van der Waals surface area contributed by atoms with Gasteiger partial charge in [-0.05, 0) is 37.6 Å². The highest BCUT2D eigenvalue weighted by Crippen LogP contribution is 2.32. The summed E-state index contributed by atoms with van der Waals surface area (Å²) in [6, 6.07) is 15.6. The molecule has 0 spiro atoms. The predicted octanol–water partition coefficient (Wildman–Crippen LogP) is 3.78. The van der Waals surface area contributed by atoms with Crippen LogP contribution in [0.5, 0.6) is 0 Å². The molecule has 5 heteroatoms. The maximum atomic E-state index is 13.0. The van der Waals surface area contributed by atoms with Crippen LogP contribution in [0.4, 0.5) is 5.69 Å². The van der Waals surface area contributed by atoms with E-state index < -0.39 is 0 Å². The van der Waals surface area contributed by atoms with Crippen LogP contribution in [-0.4, -0.2) is 28.5 Å². The smallest absolute Gasteiger partial charge is 0.254 e. The predicted molar refractivity (Wildman–Crippen MR) is 97.2 cm³/mol. The van der Waals surface area contributed by atoms with Gasteiger partial charge in [0.25, 0.3) is 5.91 Å². The first-order valence-electron chi connectivity index (χ1n) is 7.96. The van der Waals surface area contributed by atoms with Gasteiger partial charge in [-0.15, -0.1) is 11.8 Å². The summed E-state index contributed by atoms with van der Waals surface area (Å²) in [5.74, 6) is 0.371. The zero-order chi connectivity index (χ0) is 17.1. The van der Waals surface area contributed by atoms with Crippen LogP contribution in [-0.2, 0) is 11.3 Å². The van der Waals surface area contributed by atoms with Crippen molar-refractivity contribution in [2.75, 3.05) is 11.1 Å². The molecule has 0 unspecified atom stereocenters. The number of nitrogens with one attached hydrogen (secondary N) is 1. The minimum atomic E-state index is -0.0264. The summed E-state index contributed by atoms with van der Waals surface area (Å²) in [4.78, 5) is 27.4. The molecule has 3 rings (SSSR count). The first-order chi connectivity index (χ1) is 11.5. The standard InChI is InChI=1S/C19H20N2O2S/c1-13(2)21(11-14-6-4-3-5-7-14)19(23)15-8-9-17-16(10-15)20-18(22)12-24-17/h3-10,13H,11-12H2,1-2H3,(H,20,22). The molecule has 0 bridgehead atoms. The molecule has 1 heterocycles. The number of hydrogen-bond acceptors (Lipinski definition) is 3. The Balaban J connectivity index is 1.85. The van der Waals surface area contributed by atoms with Crippen molar-refractivity contribution in [1.29, 1.82) is 0 Å². The van der Waals surface area contributed by atoms with Crippen LogP contribution in [0.2, 0.25) is 0 Å². The molecule has 0 fully saturated rings. The molecule has 2 aromatic rings. The molecule has 24 heavy (non-hydrogen) atoms. The van der Waals surface area contributed by atoms with Crippen LogP contribution < -0.4 is 5.32 Å². The third-order valence-corrected chi connectivity index (χ3v) is 5.01. The molecule has 0 saturated carbocycles. The molecule has 4 nitrogen and oxygen atoms in total. The Morgan fingerprint density at radius 1 is 1.21 bits per heavy atom. The van der Waals surface area contributed by atoms with E-state index in [1.165, 1.54) is 11.8 Å². The number of carbonyl (C=O) groups is 2. The van der Waals surface area contributed by atoms with Crippen molar-refractivity contribution in [2.45, 2.75) is 31.3 Å². The lowest BCUT2D eigenvalue weighted by molar-refractivity contribution is -0.113. The number of rotatable bonds is 4. The van der Waals surface area contributed by atoms with E-state index in [9.17, 15) is 9.59 Å². The molecule has 0 atom stereocenters. The number of nitrogens with zero attached hydrogens (tertiary/aromatic N) is 1. The molecule has 1 N–H and O–H groups in total. The molecule has 0 aromatic heterocycles. The highest BCUT2D eigenvalue weighted by molar-refractivity contribution is 8.00. The van der Waals surface area contributed by atoms with Crippen LogP contribution in [0.15, 0.2) is 53.4 Å². The van der Waals surface area contributed by atoms with Gasteiger partial charge < -0.3 is 10.2 Å². The van der Waals surface area contributed by atoms with Gasteiger partial charge in [-0.25, -0.2) is 0 Å². The molecule has 1 aliphatic heterocycles. The van der Waals surface area contributed by atoms with Crippen molar-refractivity contribution in [2.24, 2.45) is 0 Å². The average Bonchev–Trinajstić information content (AvgIpc) is 2.59. The van der Waals surface area contributed by atoms with Gasteiger partial charge in [0, 0.05) is 23.0 Å². The molecule has 2 amide bonds. The fourth-order valence-corrected chi connectivity index (χ4v) is 3.44. The van der Waals surface area contributed by atoms with E-state index in [0.717, 1.165) is 16.1 Å². The fourth-order valence-electron chi connectivity index (χ4n) is 2.65. The van der Waals surface area contributed by atoms with Crippen molar-refractivity contribution in [3.8, 4) is 0 Å². The van der Waals surface area contributed by atoms with Gasteiger partial charge in [0.15, 0.2) is 0 Å². The van der Waals surface area contributed by atoms with Crippen molar-refractivity contribution >= 4 is 29.3 Å². The van der Waals surface area contributed by atoms with E-state index in [0.29, 0.717) is 17.9 Å². The quantitative estimate of drug-likeness (QED) is 0.921. The Morgan fingerprint density at radius 2 is 1.96 bits per heavy atom. The monoisotopic (exact) mass is 340 g/mol. The van der Waals surface area contributed by atoms with Gasteiger partial charge in [0.2, 0.25) is 5.91 Å². The minimum absolute atomic E-state index is 0.0258. The lowest BCUT2D eigenvalue weighted by Gasteiger charge is -2.27. The van der Waals surface area contributed by atoms with Crippen LogP contribution >= 0.6 is 11.8 Å². The number of thioether (sulfide) groups is 1. The molecule has 124 valence electrons. The minimum Gasteiger partial charge on any atom is -0.332 e. The van der Waals surface area contributed by atoms with E-state index >= 15 is 0 Å². The summed E-state index contributed by atoms with van der Waals surface area (Å²) in [6.45, 7) is 4.59. The second-order valence-corrected chi connectivity index (χ2v) is 7.08. The van der Waals surface area contributed by atoms with Crippen molar-refractivity contribution in [3.63, 3.8) is 0 Å². The second kappa shape index (κ2) is 7.09. The number of fused-ring (bicyclic) bond motifs is 1. The first kappa shape index (κ1) is 16.6. The highest BCUT2D eigenvalue weighted by Gasteiger charge is 2.22. The first-order valence-corrected chi connectivity index (χ1v) is 8.95. The van der Waals surface area contributed by atoms with Crippen LogP contribution in [0.3, 0.4) is 0 Å². The van der Waals surface area contributed by atoms with Crippen LogP contribution in [0.25, 0.3) is 0 Å². The maximum Gasteiger partial charge on any atom is 0.254 e. The zero-order valence-electron chi connectivity index (χ0n) is 13.8. The Kier molecular flexibility index (Phi) is 4.90.